The number of fused-ring (bicyclic) bond motifs is 5. The number of amides is 1. The molecule has 184 valence electrons. The van der Waals surface area contributed by atoms with E-state index in [-0.39, 0.29) is 46.9 Å². The van der Waals surface area contributed by atoms with Crippen molar-refractivity contribution < 1.29 is 23.9 Å². The summed E-state index contributed by atoms with van der Waals surface area (Å²) in [6.07, 6.45) is 9.79. The molecule has 0 heterocycles. The van der Waals surface area contributed by atoms with Crippen LogP contribution in [0.1, 0.15) is 92.4 Å². The van der Waals surface area contributed by atoms with Gasteiger partial charge in [0, 0.05) is 26.2 Å². The SMILES string of the molecule is CCC(=O)O[C@H]1CC[C@@]2(C)C(=CC[C@@H]3[C@H]4C[C@H](OC(=O)CC)[C@H](NC(C)=O)[C@@]4(C)CC[C@H]32)C1. The number of rotatable bonds is 5. The van der Waals surface area contributed by atoms with Gasteiger partial charge in [0.2, 0.25) is 5.91 Å². The Balaban J connectivity index is 1.58. The summed E-state index contributed by atoms with van der Waals surface area (Å²) < 4.78 is 11.6. The molecular weight excluding hydrogens is 418 g/mol. The molecule has 0 aromatic carbocycles. The molecule has 0 saturated heterocycles. The van der Waals surface area contributed by atoms with Crippen molar-refractivity contribution in [2.75, 3.05) is 0 Å². The Morgan fingerprint density at radius 1 is 1.03 bits per heavy atom. The second kappa shape index (κ2) is 9.07. The molecule has 0 aromatic rings. The highest BCUT2D eigenvalue weighted by molar-refractivity contribution is 5.74. The van der Waals surface area contributed by atoms with Gasteiger partial charge in [-0.25, -0.2) is 0 Å². The normalized spacial score (nSPS) is 41.7. The van der Waals surface area contributed by atoms with Gasteiger partial charge in [-0.3, -0.25) is 14.4 Å². The summed E-state index contributed by atoms with van der Waals surface area (Å²) in [5.41, 5.74) is 1.54. The molecule has 4 rings (SSSR count). The van der Waals surface area contributed by atoms with Crippen molar-refractivity contribution in [3.05, 3.63) is 11.6 Å². The third-order valence-electron chi connectivity index (χ3n) is 9.58. The summed E-state index contributed by atoms with van der Waals surface area (Å²) in [7, 11) is 0. The zero-order valence-corrected chi connectivity index (χ0v) is 20.9. The predicted molar refractivity (Wildman–Crippen MR) is 125 cm³/mol. The molecule has 1 amide bonds. The van der Waals surface area contributed by atoms with Crippen LogP contribution in [0, 0.1) is 28.6 Å². The fraction of sp³-hybridized carbons (Fsp3) is 0.815. The first kappa shape index (κ1) is 24.3. The largest absolute Gasteiger partial charge is 0.462 e. The van der Waals surface area contributed by atoms with Crippen molar-refractivity contribution in [2.24, 2.45) is 28.6 Å². The fourth-order valence-electron chi connectivity index (χ4n) is 7.83. The van der Waals surface area contributed by atoms with Crippen LogP contribution in [0.2, 0.25) is 0 Å². The minimum absolute atomic E-state index is 0.00986. The molecule has 3 saturated carbocycles. The van der Waals surface area contributed by atoms with E-state index in [4.69, 9.17) is 9.47 Å². The Kier molecular flexibility index (Phi) is 6.67. The predicted octanol–water partition coefficient (Wildman–Crippen LogP) is 4.71. The fourth-order valence-corrected chi connectivity index (χ4v) is 7.83. The molecule has 0 unspecified atom stereocenters. The third-order valence-corrected chi connectivity index (χ3v) is 9.58. The number of carbonyl (C=O) groups is 3. The molecule has 0 aromatic heterocycles. The number of nitrogens with one attached hydrogen (secondary N) is 1. The Hall–Kier alpha value is -1.85. The zero-order chi connectivity index (χ0) is 24.0. The van der Waals surface area contributed by atoms with Crippen molar-refractivity contribution in [1.29, 1.82) is 0 Å². The van der Waals surface area contributed by atoms with Gasteiger partial charge in [0.05, 0.1) is 6.04 Å². The van der Waals surface area contributed by atoms with E-state index >= 15 is 0 Å². The molecule has 4 aliphatic rings. The van der Waals surface area contributed by atoms with Gasteiger partial charge in [-0.2, -0.15) is 0 Å². The maximum Gasteiger partial charge on any atom is 0.305 e. The third kappa shape index (κ3) is 4.23. The summed E-state index contributed by atoms with van der Waals surface area (Å²) in [6.45, 7) is 9.95. The van der Waals surface area contributed by atoms with Crippen molar-refractivity contribution in [3.63, 3.8) is 0 Å². The quantitative estimate of drug-likeness (QED) is 0.476. The van der Waals surface area contributed by atoms with Gasteiger partial charge < -0.3 is 14.8 Å². The van der Waals surface area contributed by atoms with Crippen molar-refractivity contribution in [1.82, 2.24) is 5.32 Å². The highest BCUT2D eigenvalue weighted by Gasteiger charge is 2.62. The molecule has 6 heteroatoms. The summed E-state index contributed by atoms with van der Waals surface area (Å²) >= 11 is 0. The molecule has 33 heavy (non-hydrogen) atoms. The maximum absolute atomic E-state index is 12.2. The number of ether oxygens (including phenoxy) is 2. The molecule has 6 nitrogen and oxygen atoms in total. The first-order chi connectivity index (χ1) is 15.6. The molecule has 0 spiro atoms. The van der Waals surface area contributed by atoms with Crippen LogP contribution in [0.4, 0.5) is 0 Å². The van der Waals surface area contributed by atoms with Crippen molar-refractivity contribution >= 4 is 17.8 Å². The Labute approximate surface area is 198 Å². The smallest absolute Gasteiger partial charge is 0.305 e. The lowest BCUT2D eigenvalue weighted by Crippen LogP contribution is -2.55. The Morgan fingerprint density at radius 2 is 1.73 bits per heavy atom. The number of esters is 2. The topological polar surface area (TPSA) is 81.7 Å². The highest BCUT2D eigenvalue weighted by Crippen LogP contribution is 2.65. The van der Waals surface area contributed by atoms with Crippen molar-refractivity contribution in [2.45, 2.75) is 111 Å². The number of hydrogen-bond acceptors (Lipinski definition) is 5. The lowest BCUT2D eigenvalue weighted by atomic mass is 9.48. The van der Waals surface area contributed by atoms with Gasteiger partial charge in [0.25, 0.3) is 0 Å². The molecule has 0 radical (unpaired) electrons. The molecule has 3 fully saturated rings. The number of allylic oxidation sites excluding steroid dienone is 1. The van der Waals surface area contributed by atoms with E-state index in [1.54, 1.807) is 6.92 Å². The summed E-state index contributed by atoms with van der Waals surface area (Å²) in [4.78, 5) is 36.1. The molecule has 0 bridgehead atoms. The zero-order valence-electron chi connectivity index (χ0n) is 20.9. The first-order valence-corrected chi connectivity index (χ1v) is 13.0. The standard InChI is InChI=1S/C27H41NO5/c1-6-23(30)32-18-10-12-26(4)17(14-18)8-9-19-20(26)11-13-27(5)21(19)15-22(33-24(31)7-2)25(27)28-16(3)29/h8,18-22,25H,6-7,9-15H2,1-5H3,(H,28,29)/t18-,19-,20+,21+,22-,25-,26-,27-/m0/s1. The second-order valence-corrected chi connectivity index (χ2v) is 11.3. The van der Waals surface area contributed by atoms with Crippen molar-refractivity contribution in [3.8, 4) is 0 Å². The molecule has 0 aliphatic heterocycles. The van der Waals surface area contributed by atoms with Gasteiger partial charge in [0.15, 0.2) is 0 Å². The lowest BCUT2D eigenvalue weighted by molar-refractivity contribution is -0.151. The molecule has 4 aliphatic carbocycles. The van der Waals surface area contributed by atoms with Gasteiger partial charge in [-0.1, -0.05) is 39.3 Å². The van der Waals surface area contributed by atoms with E-state index in [2.05, 4.69) is 25.2 Å². The number of carbonyl (C=O) groups excluding carboxylic acids is 3. The van der Waals surface area contributed by atoms with E-state index < -0.39 is 0 Å². The first-order valence-electron chi connectivity index (χ1n) is 13.0. The summed E-state index contributed by atoms with van der Waals surface area (Å²) in [6, 6.07) is -0.126. The maximum atomic E-state index is 12.2. The van der Waals surface area contributed by atoms with Gasteiger partial charge >= 0.3 is 11.9 Å². The van der Waals surface area contributed by atoms with E-state index in [0.717, 1.165) is 44.9 Å². The Bertz CT molecular complexity index is 836. The molecular formula is C27H41NO5. The summed E-state index contributed by atoms with van der Waals surface area (Å²) in [5.74, 6) is 1.17. The van der Waals surface area contributed by atoms with Gasteiger partial charge in [-0.05, 0) is 67.1 Å². The van der Waals surface area contributed by atoms with Crippen LogP contribution in [0.15, 0.2) is 11.6 Å². The van der Waals surface area contributed by atoms with Crippen LogP contribution in [-0.2, 0) is 23.9 Å². The van der Waals surface area contributed by atoms with E-state index in [9.17, 15) is 14.4 Å². The molecule has 1 N–H and O–H groups in total. The van der Waals surface area contributed by atoms with Crippen LogP contribution in [0.5, 0.6) is 0 Å². The molecule has 8 atom stereocenters. The second-order valence-electron chi connectivity index (χ2n) is 11.3. The van der Waals surface area contributed by atoms with Crippen LogP contribution in [-0.4, -0.2) is 36.1 Å². The van der Waals surface area contributed by atoms with E-state index in [1.165, 1.54) is 5.57 Å². The minimum atomic E-state index is -0.252. The van der Waals surface area contributed by atoms with Gasteiger partial charge in [-0.15, -0.1) is 0 Å². The van der Waals surface area contributed by atoms with Crippen LogP contribution < -0.4 is 5.32 Å². The van der Waals surface area contributed by atoms with Gasteiger partial charge in [0.1, 0.15) is 12.2 Å². The monoisotopic (exact) mass is 459 g/mol. The van der Waals surface area contributed by atoms with Crippen LogP contribution >= 0.6 is 0 Å². The minimum Gasteiger partial charge on any atom is -0.462 e. The van der Waals surface area contributed by atoms with E-state index in [1.807, 2.05) is 13.8 Å². The Morgan fingerprint density at radius 3 is 2.39 bits per heavy atom. The number of hydrogen-bond donors (Lipinski definition) is 1. The summed E-state index contributed by atoms with van der Waals surface area (Å²) in [5, 5.41) is 3.17. The average molecular weight is 460 g/mol. The highest BCUT2D eigenvalue weighted by atomic mass is 16.5. The average Bonchev–Trinajstić information content (AvgIpc) is 3.04. The van der Waals surface area contributed by atoms with E-state index in [0.29, 0.717) is 30.6 Å². The lowest BCUT2D eigenvalue weighted by Gasteiger charge is -2.57. The van der Waals surface area contributed by atoms with Crippen LogP contribution in [0.3, 0.4) is 0 Å². The van der Waals surface area contributed by atoms with Crippen LogP contribution in [0.25, 0.3) is 0 Å².